The SMILES string of the molecule is Cc1oc2nc[nH]c(=O)c2c1C(=O)NCCCN1CCc2ccccc2C1. The van der Waals surface area contributed by atoms with Gasteiger partial charge in [-0.05, 0) is 30.9 Å². The second-order valence-corrected chi connectivity index (χ2v) is 6.85. The van der Waals surface area contributed by atoms with Gasteiger partial charge in [0, 0.05) is 26.2 Å². The molecular weight excluding hydrogens is 344 g/mol. The zero-order valence-corrected chi connectivity index (χ0v) is 15.2. The van der Waals surface area contributed by atoms with Gasteiger partial charge in [0.15, 0.2) is 0 Å². The molecule has 4 rings (SSSR count). The number of aromatic nitrogens is 2. The van der Waals surface area contributed by atoms with Gasteiger partial charge >= 0.3 is 0 Å². The average Bonchev–Trinajstić information content (AvgIpc) is 3.02. The molecule has 2 N–H and O–H groups in total. The Kier molecular flexibility index (Phi) is 4.77. The molecule has 27 heavy (non-hydrogen) atoms. The number of H-pyrrole nitrogens is 1. The summed E-state index contributed by atoms with van der Waals surface area (Å²) in [6.07, 6.45) is 3.18. The van der Waals surface area contributed by atoms with Crippen LogP contribution in [0.25, 0.3) is 11.1 Å². The lowest BCUT2D eigenvalue weighted by Crippen LogP contribution is -2.34. The molecule has 7 nitrogen and oxygen atoms in total. The Morgan fingerprint density at radius 2 is 2.15 bits per heavy atom. The van der Waals surface area contributed by atoms with Crippen LogP contribution in [0.3, 0.4) is 0 Å². The fraction of sp³-hybridized carbons (Fsp3) is 0.350. The van der Waals surface area contributed by atoms with Gasteiger partial charge in [0.1, 0.15) is 11.1 Å². The molecule has 7 heteroatoms. The van der Waals surface area contributed by atoms with Crippen molar-refractivity contribution in [3.05, 3.63) is 63.4 Å². The first kappa shape index (κ1) is 17.5. The molecule has 0 spiro atoms. The summed E-state index contributed by atoms with van der Waals surface area (Å²) in [5, 5.41) is 3.11. The van der Waals surface area contributed by atoms with Gasteiger partial charge in [0.05, 0.1) is 11.9 Å². The zero-order chi connectivity index (χ0) is 18.8. The summed E-state index contributed by atoms with van der Waals surface area (Å²) in [4.78, 5) is 33.4. The molecule has 0 unspecified atom stereocenters. The van der Waals surface area contributed by atoms with Crippen LogP contribution in [0.2, 0.25) is 0 Å². The highest BCUT2D eigenvalue weighted by Gasteiger charge is 2.21. The number of benzene rings is 1. The molecule has 1 aliphatic rings. The molecular formula is C20H22N4O3. The van der Waals surface area contributed by atoms with Gasteiger partial charge in [0.2, 0.25) is 5.71 Å². The van der Waals surface area contributed by atoms with Crippen LogP contribution in [0.1, 0.15) is 33.7 Å². The molecule has 2 aromatic heterocycles. The molecule has 0 bridgehead atoms. The van der Waals surface area contributed by atoms with Crippen LogP contribution in [0.4, 0.5) is 0 Å². The van der Waals surface area contributed by atoms with E-state index in [2.05, 4.69) is 44.5 Å². The van der Waals surface area contributed by atoms with E-state index in [9.17, 15) is 9.59 Å². The van der Waals surface area contributed by atoms with E-state index < -0.39 is 0 Å². The van der Waals surface area contributed by atoms with E-state index in [4.69, 9.17) is 4.42 Å². The molecule has 0 saturated carbocycles. The fourth-order valence-electron chi connectivity index (χ4n) is 3.66. The minimum Gasteiger partial charge on any atom is -0.442 e. The first-order valence-electron chi connectivity index (χ1n) is 9.17. The predicted octanol–water partition coefficient (Wildman–Crippen LogP) is 2.00. The Hall–Kier alpha value is -2.93. The number of aromatic amines is 1. The van der Waals surface area contributed by atoms with Crippen molar-refractivity contribution in [2.24, 2.45) is 0 Å². The lowest BCUT2D eigenvalue weighted by molar-refractivity contribution is 0.0951. The topological polar surface area (TPSA) is 91.2 Å². The Morgan fingerprint density at radius 1 is 1.33 bits per heavy atom. The van der Waals surface area contributed by atoms with E-state index in [1.165, 1.54) is 17.5 Å². The van der Waals surface area contributed by atoms with Gasteiger partial charge in [-0.15, -0.1) is 0 Å². The van der Waals surface area contributed by atoms with E-state index in [-0.39, 0.29) is 28.1 Å². The minimum atomic E-state index is -0.367. The van der Waals surface area contributed by atoms with Crippen molar-refractivity contribution in [2.75, 3.05) is 19.6 Å². The Bertz CT molecular complexity index is 1040. The maximum absolute atomic E-state index is 12.5. The van der Waals surface area contributed by atoms with Crippen LogP contribution in [0.15, 0.2) is 39.8 Å². The maximum Gasteiger partial charge on any atom is 0.262 e. The van der Waals surface area contributed by atoms with Crippen LogP contribution < -0.4 is 10.9 Å². The number of nitrogens with zero attached hydrogens (tertiary/aromatic N) is 2. The van der Waals surface area contributed by atoms with Crippen molar-refractivity contribution in [2.45, 2.75) is 26.3 Å². The van der Waals surface area contributed by atoms with Crippen molar-refractivity contribution < 1.29 is 9.21 Å². The van der Waals surface area contributed by atoms with Crippen LogP contribution >= 0.6 is 0 Å². The fourth-order valence-corrected chi connectivity index (χ4v) is 3.66. The number of amides is 1. The smallest absolute Gasteiger partial charge is 0.262 e. The normalized spacial score (nSPS) is 14.3. The molecule has 3 heterocycles. The molecule has 0 aliphatic carbocycles. The first-order valence-corrected chi connectivity index (χ1v) is 9.17. The number of furan rings is 1. The average molecular weight is 366 g/mol. The maximum atomic E-state index is 12.5. The standard InChI is InChI=1S/C20H22N4O3/c1-13-16(17-19(26)22-12-23-20(17)27-13)18(25)21-8-4-9-24-10-7-14-5-2-3-6-15(14)11-24/h2-3,5-6,12H,4,7-11H2,1H3,(H,21,25)(H,22,23,26). The number of rotatable bonds is 5. The summed E-state index contributed by atoms with van der Waals surface area (Å²) in [6.45, 7) is 5.12. The molecule has 3 aromatic rings. The zero-order valence-electron chi connectivity index (χ0n) is 15.2. The number of aryl methyl sites for hydroxylation is 1. The molecule has 0 radical (unpaired) electrons. The summed E-state index contributed by atoms with van der Waals surface area (Å²) in [7, 11) is 0. The van der Waals surface area contributed by atoms with Crippen LogP contribution in [-0.4, -0.2) is 40.4 Å². The molecule has 1 aliphatic heterocycles. The summed E-state index contributed by atoms with van der Waals surface area (Å²) in [6, 6.07) is 8.55. The van der Waals surface area contributed by atoms with Crippen LogP contribution in [-0.2, 0) is 13.0 Å². The predicted molar refractivity (Wildman–Crippen MR) is 102 cm³/mol. The van der Waals surface area contributed by atoms with E-state index >= 15 is 0 Å². The third-order valence-corrected chi connectivity index (χ3v) is 5.04. The van der Waals surface area contributed by atoms with Crippen molar-refractivity contribution in [3.8, 4) is 0 Å². The largest absolute Gasteiger partial charge is 0.442 e. The van der Waals surface area contributed by atoms with Crippen molar-refractivity contribution >= 4 is 17.0 Å². The van der Waals surface area contributed by atoms with Gasteiger partial charge in [0.25, 0.3) is 11.5 Å². The van der Waals surface area contributed by atoms with Crippen molar-refractivity contribution in [1.29, 1.82) is 0 Å². The summed E-state index contributed by atoms with van der Waals surface area (Å²) in [5.74, 6) is 0.105. The lowest BCUT2D eigenvalue weighted by Gasteiger charge is -2.28. The molecule has 1 aromatic carbocycles. The number of fused-ring (bicyclic) bond motifs is 2. The van der Waals surface area contributed by atoms with E-state index in [0.717, 1.165) is 32.5 Å². The number of hydrogen-bond donors (Lipinski definition) is 2. The number of carbonyl (C=O) groups is 1. The quantitative estimate of drug-likeness (QED) is 0.674. The lowest BCUT2D eigenvalue weighted by atomic mass is 10.00. The minimum absolute atomic E-state index is 0.188. The van der Waals surface area contributed by atoms with Gasteiger partial charge in [-0.2, -0.15) is 0 Å². The van der Waals surface area contributed by atoms with Gasteiger partial charge in [-0.1, -0.05) is 24.3 Å². The van der Waals surface area contributed by atoms with Crippen molar-refractivity contribution in [1.82, 2.24) is 20.2 Å². The molecule has 140 valence electrons. The molecule has 0 saturated heterocycles. The number of carbonyl (C=O) groups excluding carboxylic acids is 1. The first-order chi connectivity index (χ1) is 13.1. The van der Waals surface area contributed by atoms with E-state index in [1.807, 2.05) is 0 Å². The van der Waals surface area contributed by atoms with E-state index in [0.29, 0.717) is 12.3 Å². The third-order valence-electron chi connectivity index (χ3n) is 5.04. The summed E-state index contributed by atoms with van der Waals surface area (Å²) >= 11 is 0. The Morgan fingerprint density at radius 3 is 3.00 bits per heavy atom. The van der Waals surface area contributed by atoms with Gasteiger partial charge in [-0.3, -0.25) is 14.5 Å². The molecule has 0 atom stereocenters. The van der Waals surface area contributed by atoms with E-state index in [1.54, 1.807) is 6.92 Å². The number of hydrogen-bond acceptors (Lipinski definition) is 5. The summed E-state index contributed by atoms with van der Waals surface area (Å²) < 4.78 is 5.44. The second-order valence-electron chi connectivity index (χ2n) is 6.85. The third kappa shape index (κ3) is 3.50. The van der Waals surface area contributed by atoms with Crippen LogP contribution in [0, 0.1) is 6.92 Å². The van der Waals surface area contributed by atoms with Crippen molar-refractivity contribution in [3.63, 3.8) is 0 Å². The van der Waals surface area contributed by atoms with Gasteiger partial charge < -0.3 is 14.7 Å². The monoisotopic (exact) mass is 366 g/mol. The Labute approximate surface area is 156 Å². The van der Waals surface area contributed by atoms with Gasteiger partial charge in [-0.25, -0.2) is 4.98 Å². The summed E-state index contributed by atoms with van der Waals surface area (Å²) in [5.41, 5.74) is 2.91. The highest BCUT2D eigenvalue weighted by Crippen LogP contribution is 2.20. The number of nitrogens with one attached hydrogen (secondary N) is 2. The highest BCUT2D eigenvalue weighted by molar-refractivity contribution is 6.06. The highest BCUT2D eigenvalue weighted by atomic mass is 16.3. The van der Waals surface area contributed by atoms with Crippen LogP contribution in [0.5, 0.6) is 0 Å². The second kappa shape index (κ2) is 7.36. The molecule has 1 amide bonds. The Balaban J connectivity index is 1.33. The molecule has 0 fully saturated rings.